The Morgan fingerprint density at radius 3 is 2.34 bits per heavy atom. The number of nitrogens with zero attached hydrogens (tertiary/aromatic N) is 4. The van der Waals surface area contributed by atoms with Gasteiger partial charge >= 0.3 is 0 Å². The summed E-state index contributed by atoms with van der Waals surface area (Å²) < 4.78 is 12.6. The Labute approximate surface area is 170 Å². The molecule has 0 bridgehead atoms. The fourth-order valence-electron chi connectivity index (χ4n) is 3.54. The summed E-state index contributed by atoms with van der Waals surface area (Å²) in [4.78, 5) is 21.5. The number of imidazole rings is 1. The van der Waals surface area contributed by atoms with E-state index in [4.69, 9.17) is 9.47 Å². The summed E-state index contributed by atoms with van der Waals surface area (Å²) in [5, 5.41) is 0. The molecular weight excluding hydrogens is 368 g/mol. The fourth-order valence-corrected chi connectivity index (χ4v) is 3.54. The summed E-state index contributed by atoms with van der Waals surface area (Å²) in [6, 6.07) is 15.2. The lowest BCUT2D eigenvalue weighted by Gasteiger charge is -2.35. The number of benzene rings is 2. The Morgan fingerprint density at radius 2 is 1.62 bits per heavy atom. The van der Waals surface area contributed by atoms with Crippen LogP contribution >= 0.6 is 0 Å². The van der Waals surface area contributed by atoms with Crippen LogP contribution in [-0.4, -0.2) is 60.8 Å². The van der Waals surface area contributed by atoms with E-state index in [9.17, 15) is 4.79 Å². The molecule has 0 N–H and O–H groups in total. The molecule has 1 aliphatic rings. The normalized spacial score (nSPS) is 14.0. The van der Waals surface area contributed by atoms with E-state index in [1.54, 1.807) is 26.5 Å². The van der Waals surface area contributed by atoms with Gasteiger partial charge in [-0.15, -0.1) is 0 Å². The number of ether oxygens (including phenoxy) is 2. The summed E-state index contributed by atoms with van der Waals surface area (Å²) in [7, 11) is 3.26. The number of rotatable bonds is 5. The highest BCUT2D eigenvalue weighted by Gasteiger charge is 2.24. The first-order chi connectivity index (χ1) is 14.2. The zero-order chi connectivity index (χ0) is 20.2. The SMILES string of the molecule is COc1cccc(C(=O)N2CCN(c3nccn3-c3cccc(OC)c3)CC2)c1. The van der Waals surface area contributed by atoms with Crippen LogP contribution in [0.2, 0.25) is 0 Å². The highest BCUT2D eigenvalue weighted by Crippen LogP contribution is 2.23. The van der Waals surface area contributed by atoms with Gasteiger partial charge in [-0.1, -0.05) is 12.1 Å². The first kappa shape index (κ1) is 18.9. The minimum Gasteiger partial charge on any atom is -0.497 e. The Hall–Kier alpha value is -3.48. The number of hydrogen-bond donors (Lipinski definition) is 0. The van der Waals surface area contributed by atoms with Gasteiger partial charge in [-0.05, 0) is 30.3 Å². The van der Waals surface area contributed by atoms with Gasteiger partial charge in [-0.3, -0.25) is 9.36 Å². The molecule has 0 atom stereocenters. The van der Waals surface area contributed by atoms with Crippen molar-refractivity contribution in [1.82, 2.24) is 14.5 Å². The topological polar surface area (TPSA) is 59.8 Å². The predicted octanol–water partition coefficient (Wildman–Crippen LogP) is 2.85. The molecule has 0 unspecified atom stereocenters. The van der Waals surface area contributed by atoms with Gasteiger partial charge in [0.25, 0.3) is 5.91 Å². The molecule has 1 saturated heterocycles. The molecule has 4 rings (SSSR count). The van der Waals surface area contributed by atoms with Crippen LogP contribution in [0.25, 0.3) is 5.69 Å². The van der Waals surface area contributed by atoms with Gasteiger partial charge in [0, 0.05) is 50.2 Å². The molecule has 2 heterocycles. The van der Waals surface area contributed by atoms with Crippen molar-refractivity contribution in [2.75, 3.05) is 45.3 Å². The van der Waals surface area contributed by atoms with Crippen molar-refractivity contribution in [3.8, 4) is 17.2 Å². The van der Waals surface area contributed by atoms with E-state index in [0.29, 0.717) is 24.4 Å². The Kier molecular flexibility index (Phi) is 5.37. The molecule has 3 aromatic rings. The van der Waals surface area contributed by atoms with Crippen LogP contribution < -0.4 is 14.4 Å². The molecular formula is C22H24N4O3. The average molecular weight is 392 g/mol. The van der Waals surface area contributed by atoms with Crippen molar-refractivity contribution in [3.05, 3.63) is 66.5 Å². The van der Waals surface area contributed by atoms with E-state index in [0.717, 1.165) is 30.5 Å². The smallest absolute Gasteiger partial charge is 0.254 e. The second-order valence-corrected chi connectivity index (χ2v) is 6.81. The number of carbonyl (C=O) groups excluding carboxylic acids is 1. The Morgan fingerprint density at radius 1 is 0.931 bits per heavy atom. The van der Waals surface area contributed by atoms with Crippen molar-refractivity contribution in [2.24, 2.45) is 0 Å². The Balaban J connectivity index is 1.46. The van der Waals surface area contributed by atoms with Gasteiger partial charge in [0.05, 0.1) is 19.9 Å². The van der Waals surface area contributed by atoms with Crippen molar-refractivity contribution in [2.45, 2.75) is 0 Å². The second kappa shape index (κ2) is 8.26. The number of aromatic nitrogens is 2. The second-order valence-electron chi connectivity index (χ2n) is 6.81. The van der Waals surface area contributed by atoms with E-state index in [1.807, 2.05) is 58.1 Å². The maximum atomic E-state index is 12.8. The van der Waals surface area contributed by atoms with Gasteiger partial charge in [0.2, 0.25) is 5.95 Å². The molecule has 1 amide bonds. The van der Waals surface area contributed by atoms with Crippen molar-refractivity contribution in [1.29, 1.82) is 0 Å². The average Bonchev–Trinajstić information content (AvgIpc) is 3.29. The molecule has 0 aliphatic carbocycles. The van der Waals surface area contributed by atoms with Gasteiger partial charge < -0.3 is 19.3 Å². The van der Waals surface area contributed by atoms with Crippen LogP contribution in [0, 0.1) is 0 Å². The first-order valence-electron chi connectivity index (χ1n) is 9.55. The third kappa shape index (κ3) is 3.89. The minimum atomic E-state index is 0.0275. The molecule has 2 aromatic carbocycles. The fraction of sp³-hybridized carbons (Fsp3) is 0.273. The zero-order valence-corrected chi connectivity index (χ0v) is 16.6. The van der Waals surface area contributed by atoms with Crippen LogP contribution in [0.5, 0.6) is 11.5 Å². The van der Waals surface area contributed by atoms with E-state index in [1.165, 1.54) is 0 Å². The van der Waals surface area contributed by atoms with Crippen LogP contribution in [0.1, 0.15) is 10.4 Å². The maximum Gasteiger partial charge on any atom is 0.254 e. The van der Waals surface area contributed by atoms with Crippen molar-refractivity contribution < 1.29 is 14.3 Å². The molecule has 1 aromatic heterocycles. The van der Waals surface area contributed by atoms with Gasteiger partial charge in [0.15, 0.2) is 0 Å². The molecule has 29 heavy (non-hydrogen) atoms. The monoisotopic (exact) mass is 392 g/mol. The highest BCUT2D eigenvalue weighted by atomic mass is 16.5. The zero-order valence-electron chi connectivity index (χ0n) is 16.6. The number of piperazine rings is 1. The van der Waals surface area contributed by atoms with Gasteiger partial charge in [-0.2, -0.15) is 0 Å². The summed E-state index contributed by atoms with van der Waals surface area (Å²) in [5.41, 5.74) is 1.64. The predicted molar refractivity (Wildman–Crippen MR) is 111 cm³/mol. The maximum absolute atomic E-state index is 12.8. The first-order valence-corrected chi connectivity index (χ1v) is 9.55. The van der Waals surface area contributed by atoms with Crippen LogP contribution in [0.4, 0.5) is 5.95 Å². The standard InChI is InChI=1S/C22H24N4O3/c1-28-19-7-3-5-17(15-19)21(27)24-11-13-25(14-12-24)22-23-9-10-26(22)18-6-4-8-20(16-18)29-2/h3-10,15-16H,11-14H2,1-2H3. The molecule has 0 spiro atoms. The molecule has 150 valence electrons. The third-order valence-corrected chi connectivity index (χ3v) is 5.12. The largest absolute Gasteiger partial charge is 0.497 e. The van der Waals surface area contributed by atoms with Crippen LogP contribution in [-0.2, 0) is 0 Å². The van der Waals surface area contributed by atoms with E-state index >= 15 is 0 Å². The van der Waals surface area contributed by atoms with Gasteiger partial charge in [0.1, 0.15) is 11.5 Å². The summed E-state index contributed by atoms with van der Waals surface area (Å²) in [5.74, 6) is 2.39. The van der Waals surface area contributed by atoms with Crippen LogP contribution in [0.3, 0.4) is 0 Å². The number of methoxy groups -OCH3 is 2. The van der Waals surface area contributed by atoms with E-state index in [2.05, 4.69) is 9.88 Å². The molecule has 0 radical (unpaired) electrons. The minimum absolute atomic E-state index is 0.0275. The lowest BCUT2D eigenvalue weighted by Crippen LogP contribution is -2.49. The lowest BCUT2D eigenvalue weighted by atomic mass is 10.1. The van der Waals surface area contributed by atoms with Crippen LogP contribution in [0.15, 0.2) is 60.9 Å². The molecule has 1 aliphatic heterocycles. The van der Waals surface area contributed by atoms with E-state index in [-0.39, 0.29) is 5.91 Å². The number of carbonyl (C=O) groups is 1. The summed E-state index contributed by atoms with van der Waals surface area (Å²) in [6.45, 7) is 2.72. The van der Waals surface area contributed by atoms with Crippen molar-refractivity contribution in [3.63, 3.8) is 0 Å². The van der Waals surface area contributed by atoms with Gasteiger partial charge in [-0.25, -0.2) is 4.98 Å². The van der Waals surface area contributed by atoms with Crippen molar-refractivity contribution >= 4 is 11.9 Å². The quantitative estimate of drug-likeness (QED) is 0.668. The van der Waals surface area contributed by atoms with E-state index < -0.39 is 0 Å². The summed E-state index contributed by atoms with van der Waals surface area (Å²) in [6.07, 6.45) is 3.74. The molecule has 7 heteroatoms. The lowest BCUT2D eigenvalue weighted by molar-refractivity contribution is 0.0746. The molecule has 0 saturated carbocycles. The molecule has 7 nitrogen and oxygen atoms in total. The number of anilines is 1. The number of hydrogen-bond acceptors (Lipinski definition) is 5. The third-order valence-electron chi connectivity index (χ3n) is 5.12. The number of amides is 1. The highest BCUT2D eigenvalue weighted by molar-refractivity contribution is 5.94. The summed E-state index contributed by atoms with van der Waals surface area (Å²) >= 11 is 0. The molecule has 1 fully saturated rings. The Bertz CT molecular complexity index is 993.